The number of carbonyl (C=O) groups excluding carboxylic acids is 3. The van der Waals surface area contributed by atoms with E-state index >= 15 is 0 Å². The van der Waals surface area contributed by atoms with Crippen molar-refractivity contribution in [3.63, 3.8) is 0 Å². The molecule has 0 aromatic rings. The first kappa shape index (κ1) is 40.9. The van der Waals surface area contributed by atoms with Gasteiger partial charge in [-0.15, -0.1) is 0 Å². The van der Waals surface area contributed by atoms with E-state index in [0.29, 0.717) is 18.8 Å². The van der Waals surface area contributed by atoms with Crippen LogP contribution in [0.1, 0.15) is 94.9 Å². The van der Waals surface area contributed by atoms with Gasteiger partial charge in [-0.1, -0.05) is 109 Å². The molecule has 45 heavy (non-hydrogen) atoms. The Balaban J connectivity index is 2.62. The van der Waals surface area contributed by atoms with Gasteiger partial charge in [0.1, 0.15) is 11.9 Å². The van der Waals surface area contributed by atoms with Crippen LogP contribution in [0.15, 0.2) is 71.4 Å². The topological polar surface area (TPSA) is 80.7 Å². The minimum atomic E-state index is -0.783. The van der Waals surface area contributed by atoms with Gasteiger partial charge in [-0.25, -0.2) is 4.79 Å². The van der Waals surface area contributed by atoms with Crippen LogP contribution in [0, 0.1) is 29.6 Å². The van der Waals surface area contributed by atoms with E-state index in [1.807, 2.05) is 71.9 Å². The number of carbonyl (C=O) groups is 3. The molecule has 0 spiro atoms. The van der Waals surface area contributed by atoms with E-state index < -0.39 is 12.0 Å². The molecule has 0 aromatic carbocycles. The highest BCUT2D eigenvalue weighted by Crippen LogP contribution is 2.37. The van der Waals surface area contributed by atoms with Crippen molar-refractivity contribution in [2.45, 2.75) is 112 Å². The van der Waals surface area contributed by atoms with Crippen LogP contribution in [-0.2, 0) is 19.1 Å². The number of ketones is 2. The summed E-state index contributed by atoms with van der Waals surface area (Å²) in [6, 6.07) is 0. The Morgan fingerprint density at radius 3 is 2.36 bits per heavy atom. The zero-order valence-electron chi connectivity index (χ0n) is 29.5. The second kappa shape index (κ2) is 20.2. The van der Waals surface area contributed by atoms with Gasteiger partial charge in [-0.2, -0.15) is 0 Å². The van der Waals surface area contributed by atoms with Crippen molar-refractivity contribution in [2.24, 2.45) is 29.6 Å². The number of cyclic esters (lactones) is 1. The lowest BCUT2D eigenvalue weighted by atomic mass is 9.82. The molecule has 1 rings (SSSR count). The van der Waals surface area contributed by atoms with E-state index in [-0.39, 0.29) is 46.1 Å². The zero-order valence-corrected chi connectivity index (χ0v) is 31.1. The molecule has 1 aliphatic rings. The Bertz CT molecular complexity index is 1170. The Kier molecular flexibility index (Phi) is 18.4. The van der Waals surface area contributed by atoms with Crippen molar-refractivity contribution in [3.8, 4) is 0 Å². The number of hydrogen-bond acceptors (Lipinski definition) is 7. The molecule has 1 heterocycles. The number of aliphatic hydroxyl groups is 1. The van der Waals surface area contributed by atoms with Crippen LogP contribution < -0.4 is 0 Å². The van der Waals surface area contributed by atoms with Crippen molar-refractivity contribution in [1.29, 1.82) is 0 Å². The van der Waals surface area contributed by atoms with Crippen LogP contribution in [-0.4, -0.2) is 45.9 Å². The van der Waals surface area contributed by atoms with Crippen molar-refractivity contribution in [2.75, 3.05) is 6.26 Å². The largest absolute Gasteiger partial charge is 0.454 e. The smallest absolute Gasteiger partial charge is 0.331 e. The van der Waals surface area contributed by atoms with E-state index in [1.165, 1.54) is 6.08 Å². The lowest BCUT2D eigenvalue weighted by molar-refractivity contribution is -0.143. The highest BCUT2D eigenvalue weighted by molar-refractivity contribution is 8.76. The molecule has 0 aliphatic carbocycles. The van der Waals surface area contributed by atoms with Gasteiger partial charge in [0.25, 0.3) is 0 Å². The first-order valence-electron chi connectivity index (χ1n) is 16.2. The zero-order chi connectivity index (χ0) is 34.3. The van der Waals surface area contributed by atoms with Crippen molar-refractivity contribution in [3.05, 3.63) is 71.4 Å². The van der Waals surface area contributed by atoms with Gasteiger partial charge in [0.2, 0.25) is 0 Å². The lowest BCUT2D eigenvalue weighted by Gasteiger charge is -2.26. The molecule has 7 atom stereocenters. The summed E-state index contributed by atoms with van der Waals surface area (Å²) in [7, 11) is 3.51. The SMILES string of the molecule is CSSC(C)(C)CCC(=O)/C=C(\C)C[C@H](C)[C@@H](O)[C@H](C)C(=O)[C@H](C)/C=C(C)/C=C/C[C@@H](C)/C=C(C)\C=C\[C@@H]1OC(=O)C=C[C@@H]1C. The maximum Gasteiger partial charge on any atom is 0.331 e. The number of ether oxygens (including phenoxy) is 1. The normalized spacial score (nSPS) is 22.0. The minimum absolute atomic E-state index is 0.0144. The molecule has 0 aromatic heterocycles. The van der Waals surface area contributed by atoms with Crippen LogP contribution in [0.25, 0.3) is 0 Å². The molecule has 0 bridgehead atoms. The predicted octanol–water partition coefficient (Wildman–Crippen LogP) is 9.45. The van der Waals surface area contributed by atoms with Crippen molar-refractivity contribution >= 4 is 39.1 Å². The number of esters is 1. The molecule has 0 radical (unpaired) electrons. The Morgan fingerprint density at radius 1 is 1.07 bits per heavy atom. The van der Waals surface area contributed by atoms with Crippen molar-refractivity contribution in [1.82, 2.24) is 0 Å². The van der Waals surface area contributed by atoms with E-state index in [0.717, 1.165) is 29.6 Å². The summed E-state index contributed by atoms with van der Waals surface area (Å²) >= 11 is 0. The van der Waals surface area contributed by atoms with Crippen LogP contribution in [0.5, 0.6) is 0 Å². The van der Waals surface area contributed by atoms with Crippen LogP contribution in [0.3, 0.4) is 0 Å². The van der Waals surface area contributed by atoms with Gasteiger partial charge in [-0.05, 0) is 84.1 Å². The summed E-state index contributed by atoms with van der Waals surface area (Å²) in [6.45, 7) is 20.1. The third-order valence-electron chi connectivity index (χ3n) is 8.13. The van der Waals surface area contributed by atoms with Gasteiger partial charge in [0.05, 0.1) is 6.10 Å². The molecule has 252 valence electrons. The Morgan fingerprint density at radius 2 is 1.71 bits per heavy atom. The number of Topliss-reactive ketones (excluding diaryl/α,β-unsaturated/α-hetero) is 1. The number of hydrogen-bond donors (Lipinski definition) is 1. The first-order chi connectivity index (χ1) is 20.9. The number of aliphatic hydroxyl groups excluding tert-OH is 1. The first-order valence-corrected chi connectivity index (χ1v) is 18.8. The maximum absolute atomic E-state index is 13.2. The minimum Gasteiger partial charge on any atom is -0.454 e. The molecule has 0 saturated heterocycles. The standard InChI is InChI=1S/C38H58O5S2/c1-25(21-27(3)15-17-34-29(5)16-18-35(40)43-34)13-12-14-26(2)22-30(6)36(41)32(8)37(42)31(7)23-28(4)24-33(39)19-20-38(9,10)45-44-11/h12,14-18,21-22,24-25,29-32,34,37,42H,13,19-20,23H2,1-11H3/b14-12+,17-15+,26-22+,27-21-,28-24+/t25-,29+,30-,31+,32-,34+,37-/m1/s1. The highest BCUT2D eigenvalue weighted by atomic mass is 33.1. The maximum atomic E-state index is 13.2. The van der Waals surface area contributed by atoms with Crippen LogP contribution >= 0.6 is 21.6 Å². The Labute approximate surface area is 281 Å². The molecular formula is C38H58O5S2. The average Bonchev–Trinajstić information content (AvgIpc) is 2.95. The quantitative estimate of drug-likeness (QED) is 0.0641. The van der Waals surface area contributed by atoms with Crippen LogP contribution in [0.2, 0.25) is 0 Å². The van der Waals surface area contributed by atoms with Gasteiger partial charge in [0.15, 0.2) is 5.78 Å². The molecule has 0 fully saturated rings. The second-order valence-electron chi connectivity index (χ2n) is 13.5. The van der Waals surface area contributed by atoms with E-state index in [1.54, 1.807) is 34.6 Å². The monoisotopic (exact) mass is 658 g/mol. The molecule has 0 saturated carbocycles. The average molecular weight is 659 g/mol. The summed E-state index contributed by atoms with van der Waals surface area (Å²) in [5.74, 6) is -0.656. The lowest BCUT2D eigenvalue weighted by Crippen LogP contribution is -2.34. The fourth-order valence-corrected chi connectivity index (χ4v) is 7.70. The van der Waals surface area contributed by atoms with Gasteiger partial charge in [0, 0.05) is 35.0 Å². The van der Waals surface area contributed by atoms with Crippen molar-refractivity contribution < 1.29 is 24.2 Å². The molecule has 0 amide bonds. The Hall–Kier alpha value is -2.09. The van der Waals surface area contributed by atoms with Crippen LogP contribution in [0.4, 0.5) is 0 Å². The predicted molar refractivity (Wildman–Crippen MR) is 194 cm³/mol. The molecule has 7 heteroatoms. The number of rotatable bonds is 19. The summed E-state index contributed by atoms with van der Waals surface area (Å²) < 4.78 is 5.42. The molecule has 1 aliphatic heterocycles. The van der Waals surface area contributed by atoms with Gasteiger partial charge in [-0.3, -0.25) is 9.59 Å². The highest BCUT2D eigenvalue weighted by Gasteiger charge is 2.29. The third kappa shape index (κ3) is 16.3. The van der Waals surface area contributed by atoms with E-state index in [9.17, 15) is 19.5 Å². The van der Waals surface area contributed by atoms with E-state index in [4.69, 9.17) is 4.74 Å². The van der Waals surface area contributed by atoms with E-state index in [2.05, 4.69) is 39.2 Å². The second-order valence-corrected chi connectivity index (χ2v) is 16.6. The molecule has 1 N–H and O–H groups in total. The van der Waals surface area contributed by atoms with Gasteiger partial charge < -0.3 is 9.84 Å². The summed E-state index contributed by atoms with van der Waals surface area (Å²) in [5, 5.41) is 11.0. The fourth-order valence-electron chi connectivity index (χ4n) is 5.46. The summed E-state index contributed by atoms with van der Waals surface area (Å²) in [6.07, 6.45) is 21.1. The summed E-state index contributed by atoms with van der Waals surface area (Å²) in [4.78, 5) is 37.2. The van der Waals surface area contributed by atoms with Gasteiger partial charge >= 0.3 is 5.97 Å². The summed E-state index contributed by atoms with van der Waals surface area (Å²) in [5.41, 5.74) is 3.06. The fraction of sp³-hybridized carbons (Fsp3) is 0.605. The third-order valence-corrected chi connectivity index (χ3v) is 10.8. The molecule has 5 nitrogen and oxygen atoms in total. The molecular weight excluding hydrogens is 601 g/mol. The molecule has 0 unspecified atom stereocenters. The number of allylic oxidation sites excluding steroid dienone is 9.